The maximum absolute atomic E-state index is 12.1. The second-order valence-electron chi connectivity index (χ2n) is 6.28. The van der Waals surface area contributed by atoms with Crippen molar-refractivity contribution in [1.82, 2.24) is 10.2 Å². The van der Waals surface area contributed by atoms with Crippen LogP contribution in [0.4, 0.5) is 21.9 Å². The van der Waals surface area contributed by atoms with Crippen molar-refractivity contribution in [1.29, 1.82) is 0 Å². The molecule has 2 N–H and O–H groups in total. The molecule has 1 aliphatic rings. The number of carbonyl (C=O) groups is 1. The Bertz CT molecular complexity index is 714. The first-order chi connectivity index (χ1) is 12.2. The molecule has 2 aromatic rings. The Kier molecular flexibility index (Phi) is 5.74. The maximum Gasteiger partial charge on any atom is 0.319 e. The largest absolute Gasteiger partial charge is 0.334 e. The summed E-state index contributed by atoms with van der Waals surface area (Å²) in [5, 5.41) is 14.3. The summed E-state index contributed by atoms with van der Waals surface area (Å²) in [4.78, 5) is 14.3. The summed E-state index contributed by atoms with van der Waals surface area (Å²) in [6.07, 6.45) is 2.14. The lowest BCUT2D eigenvalue weighted by atomic mass is 10.1. The van der Waals surface area contributed by atoms with E-state index in [1.54, 1.807) is 0 Å². The van der Waals surface area contributed by atoms with E-state index in [0.717, 1.165) is 43.0 Å². The van der Waals surface area contributed by atoms with Crippen molar-refractivity contribution >= 4 is 23.1 Å². The van der Waals surface area contributed by atoms with Gasteiger partial charge in [0, 0.05) is 18.3 Å². The number of urea groups is 1. The van der Waals surface area contributed by atoms with E-state index in [-0.39, 0.29) is 12.1 Å². The molecule has 2 amide bonds. The number of likely N-dealkylation sites (N-methyl/N-ethyl adjacent to an activating group) is 1. The first-order valence-corrected chi connectivity index (χ1v) is 8.52. The number of nitrogens with zero attached hydrogens (tertiary/aromatic N) is 3. The number of benzene rings is 2. The molecule has 3 rings (SSSR count). The number of carbonyl (C=O) groups excluding carboxylic acids is 1. The number of anilines is 1. The molecule has 130 valence electrons. The van der Waals surface area contributed by atoms with Gasteiger partial charge in [-0.05, 0) is 62.8 Å². The van der Waals surface area contributed by atoms with Gasteiger partial charge in [-0.1, -0.05) is 18.2 Å². The van der Waals surface area contributed by atoms with Gasteiger partial charge in [-0.3, -0.25) is 0 Å². The van der Waals surface area contributed by atoms with Crippen LogP contribution in [-0.4, -0.2) is 37.1 Å². The van der Waals surface area contributed by atoms with Gasteiger partial charge in [-0.25, -0.2) is 4.79 Å². The standard InChI is InChI=1S/C19H23N5O/c1-24-13-5-8-18(14-24)21-19(25)20-15-9-11-17(12-10-15)23-22-16-6-3-2-4-7-16/h2-4,6-7,9-12,18H,5,8,13-14H2,1H3,(H2,20,21,25)/t18-/m0/s1. The first kappa shape index (κ1) is 17.1. The highest BCUT2D eigenvalue weighted by atomic mass is 16.2. The smallest absolute Gasteiger partial charge is 0.319 e. The van der Waals surface area contributed by atoms with E-state index in [2.05, 4.69) is 32.8 Å². The molecule has 0 unspecified atom stereocenters. The number of amides is 2. The van der Waals surface area contributed by atoms with E-state index in [4.69, 9.17) is 0 Å². The van der Waals surface area contributed by atoms with E-state index < -0.39 is 0 Å². The van der Waals surface area contributed by atoms with E-state index in [9.17, 15) is 4.79 Å². The van der Waals surface area contributed by atoms with Gasteiger partial charge >= 0.3 is 6.03 Å². The lowest BCUT2D eigenvalue weighted by Crippen LogP contribution is -2.47. The number of piperidine rings is 1. The number of rotatable bonds is 4. The van der Waals surface area contributed by atoms with Gasteiger partial charge in [0.15, 0.2) is 0 Å². The summed E-state index contributed by atoms with van der Waals surface area (Å²) in [5.41, 5.74) is 2.28. The lowest BCUT2D eigenvalue weighted by molar-refractivity contribution is 0.216. The average Bonchev–Trinajstić information content (AvgIpc) is 2.62. The minimum Gasteiger partial charge on any atom is -0.334 e. The number of likely N-dealkylation sites (tertiary alicyclic amines) is 1. The van der Waals surface area contributed by atoms with Gasteiger partial charge in [-0.2, -0.15) is 10.2 Å². The number of azo groups is 1. The second-order valence-corrected chi connectivity index (χ2v) is 6.28. The van der Waals surface area contributed by atoms with E-state index in [1.165, 1.54) is 0 Å². The first-order valence-electron chi connectivity index (χ1n) is 8.52. The molecule has 25 heavy (non-hydrogen) atoms. The average molecular weight is 337 g/mol. The number of nitrogens with one attached hydrogen (secondary N) is 2. The Hall–Kier alpha value is -2.73. The lowest BCUT2D eigenvalue weighted by Gasteiger charge is -2.30. The van der Waals surface area contributed by atoms with Gasteiger partial charge in [0.25, 0.3) is 0 Å². The molecule has 1 saturated heterocycles. The van der Waals surface area contributed by atoms with Crippen LogP contribution in [-0.2, 0) is 0 Å². The molecule has 1 fully saturated rings. The summed E-state index contributed by atoms with van der Waals surface area (Å²) >= 11 is 0. The van der Waals surface area contributed by atoms with Crippen LogP contribution in [0.2, 0.25) is 0 Å². The number of hydrogen-bond donors (Lipinski definition) is 2. The third-order valence-corrected chi connectivity index (χ3v) is 4.12. The Morgan fingerprint density at radius 1 is 1.04 bits per heavy atom. The van der Waals surface area contributed by atoms with Crippen LogP contribution in [0.3, 0.4) is 0 Å². The molecule has 0 bridgehead atoms. The predicted molar refractivity (Wildman–Crippen MR) is 99.7 cm³/mol. The molecule has 2 aromatic carbocycles. The summed E-state index contributed by atoms with van der Waals surface area (Å²) in [6, 6.07) is 16.9. The Labute approximate surface area is 148 Å². The molecule has 1 aliphatic heterocycles. The Morgan fingerprint density at radius 2 is 1.72 bits per heavy atom. The summed E-state index contributed by atoms with van der Waals surface area (Å²) in [7, 11) is 2.08. The van der Waals surface area contributed by atoms with Crippen molar-refractivity contribution in [2.24, 2.45) is 10.2 Å². The van der Waals surface area contributed by atoms with E-state index in [0.29, 0.717) is 0 Å². The van der Waals surface area contributed by atoms with Gasteiger partial charge < -0.3 is 15.5 Å². The van der Waals surface area contributed by atoms with Crippen LogP contribution in [0.5, 0.6) is 0 Å². The van der Waals surface area contributed by atoms with Crippen LogP contribution in [0.25, 0.3) is 0 Å². The predicted octanol–water partition coefficient (Wildman–Crippen LogP) is 4.32. The fraction of sp³-hybridized carbons (Fsp3) is 0.316. The van der Waals surface area contributed by atoms with E-state index >= 15 is 0 Å². The molecule has 6 nitrogen and oxygen atoms in total. The molecular formula is C19H23N5O. The maximum atomic E-state index is 12.1. The van der Waals surface area contributed by atoms with Crippen molar-refractivity contribution < 1.29 is 4.79 Å². The van der Waals surface area contributed by atoms with Crippen LogP contribution >= 0.6 is 0 Å². The topological polar surface area (TPSA) is 69.1 Å². The molecule has 0 aromatic heterocycles. The van der Waals surface area contributed by atoms with Crippen molar-refractivity contribution in [2.45, 2.75) is 18.9 Å². The van der Waals surface area contributed by atoms with Crippen molar-refractivity contribution in [3.63, 3.8) is 0 Å². The highest BCUT2D eigenvalue weighted by Crippen LogP contribution is 2.20. The van der Waals surface area contributed by atoms with Crippen LogP contribution in [0.15, 0.2) is 64.8 Å². The van der Waals surface area contributed by atoms with Crippen molar-refractivity contribution in [2.75, 3.05) is 25.5 Å². The Balaban J connectivity index is 1.52. The molecular weight excluding hydrogens is 314 g/mol. The highest BCUT2D eigenvalue weighted by molar-refractivity contribution is 5.89. The molecule has 1 atom stereocenters. The molecule has 0 radical (unpaired) electrons. The summed E-state index contributed by atoms with van der Waals surface area (Å²) < 4.78 is 0. The fourth-order valence-electron chi connectivity index (χ4n) is 2.86. The van der Waals surface area contributed by atoms with Gasteiger partial charge in [0.1, 0.15) is 0 Å². The zero-order valence-electron chi connectivity index (χ0n) is 14.4. The summed E-state index contributed by atoms with van der Waals surface area (Å²) in [5.74, 6) is 0. The molecule has 6 heteroatoms. The number of hydrogen-bond acceptors (Lipinski definition) is 4. The Morgan fingerprint density at radius 3 is 2.40 bits per heavy atom. The quantitative estimate of drug-likeness (QED) is 0.816. The van der Waals surface area contributed by atoms with Crippen molar-refractivity contribution in [3.8, 4) is 0 Å². The SMILES string of the molecule is CN1CCC[C@H](NC(=O)Nc2ccc(N=Nc3ccccc3)cc2)C1. The molecule has 0 aliphatic carbocycles. The summed E-state index contributed by atoms with van der Waals surface area (Å²) in [6.45, 7) is 1.99. The van der Waals surface area contributed by atoms with Crippen molar-refractivity contribution in [3.05, 3.63) is 54.6 Å². The molecule has 0 spiro atoms. The second kappa shape index (κ2) is 8.39. The molecule has 1 heterocycles. The van der Waals surface area contributed by atoms with Crippen LogP contribution < -0.4 is 10.6 Å². The highest BCUT2D eigenvalue weighted by Gasteiger charge is 2.18. The normalized spacial score (nSPS) is 18.2. The third-order valence-electron chi connectivity index (χ3n) is 4.12. The van der Waals surface area contributed by atoms with Gasteiger partial charge in [-0.15, -0.1) is 0 Å². The monoisotopic (exact) mass is 337 g/mol. The fourth-order valence-corrected chi connectivity index (χ4v) is 2.86. The zero-order chi connectivity index (χ0) is 17.5. The van der Waals surface area contributed by atoms with Crippen LogP contribution in [0.1, 0.15) is 12.8 Å². The minimum atomic E-state index is -0.168. The third kappa shape index (κ3) is 5.39. The minimum absolute atomic E-state index is 0.168. The van der Waals surface area contributed by atoms with Gasteiger partial charge in [0.05, 0.1) is 11.4 Å². The van der Waals surface area contributed by atoms with Crippen LogP contribution in [0, 0.1) is 0 Å². The van der Waals surface area contributed by atoms with Gasteiger partial charge in [0.2, 0.25) is 0 Å². The molecule has 0 saturated carbocycles. The zero-order valence-corrected chi connectivity index (χ0v) is 14.4. The van der Waals surface area contributed by atoms with E-state index in [1.807, 2.05) is 54.6 Å².